The zero-order valence-electron chi connectivity index (χ0n) is 9.13. The minimum Gasteiger partial charge on any atom is -0.308 e. The molecule has 0 saturated carbocycles. The Balaban J connectivity index is 3.77. The summed E-state index contributed by atoms with van der Waals surface area (Å²) in [5.74, 6) is -4.15. The van der Waals surface area contributed by atoms with Crippen molar-refractivity contribution in [3.63, 3.8) is 0 Å². The zero-order chi connectivity index (χ0) is 13.7. The Bertz CT molecular complexity index is 214. The largest absolute Gasteiger partial charge is 0.389 e. The Morgan fingerprint density at radius 2 is 1.59 bits per heavy atom. The molecule has 0 radical (unpaired) electrons. The van der Waals surface area contributed by atoms with Gasteiger partial charge in [0.1, 0.15) is 0 Å². The number of halogens is 7. The summed E-state index contributed by atoms with van der Waals surface area (Å²) < 4.78 is 83.6. The van der Waals surface area contributed by atoms with E-state index in [0.717, 1.165) is 0 Å². The van der Waals surface area contributed by atoms with Crippen LogP contribution in [0, 0.1) is 0 Å². The van der Waals surface area contributed by atoms with E-state index in [9.17, 15) is 30.7 Å². The molecular formula is C9H14F7N. The van der Waals surface area contributed by atoms with Crippen molar-refractivity contribution in [2.75, 3.05) is 6.54 Å². The molecule has 0 heterocycles. The van der Waals surface area contributed by atoms with E-state index >= 15 is 0 Å². The molecule has 1 N–H and O–H groups in total. The van der Waals surface area contributed by atoms with Crippen LogP contribution in [-0.2, 0) is 0 Å². The third-order valence-electron chi connectivity index (χ3n) is 2.10. The van der Waals surface area contributed by atoms with Gasteiger partial charge >= 0.3 is 18.5 Å². The number of alkyl halides is 7. The molecule has 0 fully saturated rings. The minimum atomic E-state index is -4.29. The fourth-order valence-electron chi connectivity index (χ4n) is 1.10. The van der Waals surface area contributed by atoms with Crippen molar-refractivity contribution in [3.8, 4) is 0 Å². The first-order valence-electron chi connectivity index (χ1n) is 5.00. The van der Waals surface area contributed by atoms with Crippen molar-refractivity contribution in [2.45, 2.75) is 50.8 Å². The smallest absolute Gasteiger partial charge is 0.308 e. The average molecular weight is 269 g/mol. The second kappa shape index (κ2) is 6.42. The summed E-state index contributed by atoms with van der Waals surface area (Å²) in [5.41, 5.74) is 0. The molecule has 0 aromatic heterocycles. The molecular weight excluding hydrogens is 255 g/mol. The molecule has 0 aliphatic carbocycles. The van der Waals surface area contributed by atoms with E-state index < -0.39 is 37.5 Å². The summed E-state index contributed by atoms with van der Waals surface area (Å²) in [4.78, 5) is 0. The normalized spacial score (nSPS) is 15.4. The minimum absolute atomic E-state index is 0.00116. The van der Waals surface area contributed by atoms with Gasteiger partial charge < -0.3 is 5.32 Å². The molecule has 104 valence electrons. The molecule has 1 atom stereocenters. The molecule has 0 aliphatic rings. The van der Waals surface area contributed by atoms with Crippen LogP contribution in [0.1, 0.15) is 26.2 Å². The summed E-state index contributed by atoms with van der Waals surface area (Å²) in [6.45, 7) is 0.135. The zero-order valence-corrected chi connectivity index (χ0v) is 9.13. The van der Waals surface area contributed by atoms with Gasteiger partial charge in [-0.3, -0.25) is 0 Å². The first-order chi connectivity index (χ1) is 7.54. The molecule has 0 saturated heterocycles. The van der Waals surface area contributed by atoms with Crippen molar-refractivity contribution in [3.05, 3.63) is 0 Å². The third kappa shape index (κ3) is 8.23. The maximum absolute atomic E-state index is 12.4. The highest BCUT2D eigenvalue weighted by atomic mass is 19.4. The van der Waals surface area contributed by atoms with E-state index in [1.165, 1.54) is 6.92 Å². The lowest BCUT2D eigenvalue weighted by Crippen LogP contribution is -2.42. The van der Waals surface area contributed by atoms with Crippen molar-refractivity contribution < 1.29 is 30.7 Å². The van der Waals surface area contributed by atoms with E-state index in [0.29, 0.717) is 0 Å². The van der Waals surface area contributed by atoms with Crippen LogP contribution in [0.3, 0.4) is 0 Å². The first kappa shape index (κ1) is 16.5. The number of rotatable bonds is 7. The predicted octanol–water partition coefficient (Wildman–Crippen LogP) is 3.60. The van der Waals surface area contributed by atoms with Gasteiger partial charge in [0, 0.05) is 12.5 Å². The van der Waals surface area contributed by atoms with Crippen LogP contribution in [0.15, 0.2) is 0 Å². The van der Waals surface area contributed by atoms with Crippen LogP contribution < -0.4 is 5.32 Å². The van der Waals surface area contributed by atoms with Crippen LogP contribution in [0.4, 0.5) is 30.7 Å². The molecule has 0 amide bonds. The van der Waals surface area contributed by atoms with Crippen LogP contribution in [0.5, 0.6) is 0 Å². The van der Waals surface area contributed by atoms with E-state index in [1.807, 2.05) is 0 Å². The molecule has 0 bridgehead atoms. The molecule has 17 heavy (non-hydrogen) atoms. The summed E-state index contributed by atoms with van der Waals surface area (Å²) in [6.07, 6.45) is -9.30. The Hall–Kier alpha value is -0.530. The number of nitrogens with one attached hydrogen (secondary N) is 1. The van der Waals surface area contributed by atoms with Gasteiger partial charge in [-0.2, -0.15) is 22.0 Å². The third-order valence-corrected chi connectivity index (χ3v) is 2.10. The maximum Gasteiger partial charge on any atom is 0.389 e. The van der Waals surface area contributed by atoms with Gasteiger partial charge in [0.25, 0.3) is 0 Å². The summed E-state index contributed by atoms with van der Waals surface area (Å²) in [6, 6.07) is -0.665. The second-order valence-electron chi connectivity index (χ2n) is 3.85. The van der Waals surface area contributed by atoms with Gasteiger partial charge in [-0.1, -0.05) is 0 Å². The molecule has 8 heteroatoms. The number of hydrogen-bond acceptors (Lipinski definition) is 1. The first-order valence-corrected chi connectivity index (χ1v) is 5.00. The Morgan fingerprint density at radius 3 is 2.00 bits per heavy atom. The van der Waals surface area contributed by atoms with Crippen molar-refractivity contribution in [1.82, 2.24) is 5.32 Å². The monoisotopic (exact) mass is 269 g/mol. The van der Waals surface area contributed by atoms with E-state index in [-0.39, 0.29) is 12.8 Å². The fourth-order valence-corrected chi connectivity index (χ4v) is 1.10. The topological polar surface area (TPSA) is 12.0 Å². The predicted molar refractivity (Wildman–Crippen MR) is 48.3 cm³/mol. The van der Waals surface area contributed by atoms with E-state index in [1.54, 1.807) is 0 Å². The lowest BCUT2D eigenvalue weighted by atomic mass is 10.1. The average Bonchev–Trinajstić information content (AvgIpc) is 2.12. The molecule has 0 spiro atoms. The van der Waals surface area contributed by atoms with Crippen molar-refractivity contribution in [2.24, 2.45) is 0 Å². The van der Waals surface area contributed by atoms with Gasteiger partial charge in [-0.05, 0) is 19.8 Å². The quantitative estimate of drug-likeness (QED) is 0.696. The highest BCUT2D eigenvalue weighted by Gasteiger charge is 2.40. The van der Waals surface area contributed by atoms with Gasteiger partial charge in [0.2, 0.25) is 0 Å². The molecule has 1 unspecified atom stereocenters. The van der Waals surface area contributed by atoms with Crippen LogP contribution >= 0.6 is 0 Å². The molecule has 0 aromatic rings. The van der Waals surface area contributed by atoms with Crippen LogP contribution in [0.2, 0.25) is 0 Å². The van der Waals surface area contributed by atoms with Gasteiger partial charge in [-0.25, -0.2) is 8.78 Å². The number of hydrogen-bond donors (Lipinski definition) is 1. The van der Waals surface area contributed by atoms with E-state index in [2.05, 4.69) is 5.32 Å². The fraction of sp³-hybridized carbons (Fsp3) is 1.00. The summed E-state index contributed by atoms with van der Waals surface area (Å²) in [7, 11) is 0. The molecule has 1 nitrogen and oxygen atoms in total. The highest BCUT2D eigenvalue weighted by molar-refractivity contribution is 4.74. The van der Waals surface area contributed by atoms with Crippen molar-refractivity contribution >= 4 is 0 Å². The lowest BCUT2D eigenvalue weighted by Gasteiger charge is -2.19. The lowest BCUT2D eigenvalue weighted by molar-refractivity contribution is -0.136. The van der Waals surface area contributed by atoms with Crippen molar-refractivity contribution in [1.29, 1.82) is 0 Å². The summed E-state index contributed by atoms with van der Waals surface area (Å²) >= 11 is 0. The van der Waals surface area contributed by atoms with Gasteiger partial charge in [-0.15, -0.1) is 0 Å². The van der Waals surface area contributed by atoms with Gasteiger partial charge in [0.15, 0.2) is 0 Å². The Labute approximate surface area is 94.4 Å². The molecule has 0 aromatic carbocycles. The SMILES string of the molecule is CC(CCCC(F)(F)F)NCC(F)(F)C(F)F. The van der Waals surface area contributed by atoms with E-state index in [4.69, 9.17) is 0 Å². The van der Waals surface area contributed by atoms with Crippen LogP contribution in [0.25, 0.3) is 0 Å². The van der Waals surface area contributed by atoms with Crippen LogP contribution in [-0.4, -0.2) is 31.1 Å². The van der Waals surface area contributed by atoms with Gasteiger partial charge in [0.05, 0.1) is 6.54 Å². The second-order valence-corrected chi connectivity index (χ2v) is 3.85. The molecule has 0 rings (SSSR count). The summed E-state index contributed by atoms with van der Waals surface area (Å²) in [5, 5.41) is 2.09. The highest BCUT2D eigenvalue weighted by Crippen LogP contribution is 2.24. The maximum atomic E-state index is 12.4. The standard InChI is InChI=1S/C9H14F7N/c1-6(3-2-4-9(14,15)16)17-5-8(12,13)7(10)11/h6-7,17H,2-5H2,1H3. The molecule has 0 aliphatic heterocycles. The Kier molecular flexibility index (Phi) is 6.22. The Morgan fingerprint density at radius 1 is 1.06 bits per heavy atom.